The van der Waals surface area contributed by atoms with Gasteiger partial charge in [0.25, 0.3) is 0 Å². The first kappa shape index (κ1) is 10.8. The maximum Gasteiger partial charge on any atom is 0.142 e. The van der Waals surface area contributed by atoms with Gasteiger partial charge in [0, 0.05) is 12.0 Å². The van der Waals surface area contributed by atoms with Gasteiger partial charge in [0.2, 0.25) is 0 Å². The Labute approximate surface area is 93.0 Å². The molecule has 0 spiro atoms. The number of amidine groups is 1. The smallest absolute Gasteiger partial charge is 0.142 e. The third-order valence-corrected chi connectivity index (χ3v) is 3.51. The third kappa shape index (κ3) is 2.27. The Hall–Kier alpha value is -0.720. The first-order chi connectivity index (χ1) is 7.20. The highest BCUT2D eigenvalue weighted by molar-refractivity contribution is 8.00. The molecule has 1 saturated heterocycles. The highest BCUT2D eigenvalue weighted by Crippen LogP contribution is 2.28. The zero-order valence-corrected chi connectivity index (χ0v) is 9.35. The van der Waals surface area contributed by atoms with Gasteiger partial charge in [-0.1, -0.05) is 0 Å². The van der Waals surface area contributed by atoms with Gasteiger partial charge in [0.15, 0.2) is 0 Å². The summed E-state index contributed by atoms with van der Waals surface area (Å²) < 4.78 is 5.63. The molecular weight excluding hydrogens is 214 g/mol. The van der Waals surface area contributed by atoms with Gasteiger partial charge in [-0.15, -0.1) is 11.8 Å². The molecule has 6 heteroatoms. The fourth-order valence-electron chi connectivity index (χ4n) is 1.64. The molecule has 1 fully saturated rings. The maximum absolute atomic E-state index is 8.96. The van der Waals surface area contributed by atoms with Gasteiger partial charge >= 0.3 is 0 Å². The lowest BCUT2D eigenvalue weighted by Crippen LogP contribution is -2.41. The van der Waals surface area contributed by atoms with E-state index in [-0.39, 0.29) is 24.4 Å². The minimum atomic E-state index is -0.112. The van der Waals surface area contributed by atoms with Crippen molar-refractivity contribution >= 4 is 17.6 Å². The van der Waals surface area contributed by atoms with Crippen LogP contribution in [0.1, 0.15) is 6.92 Å². The van der Waals surface area contributed by atoms with Crippen molar-refractivity contribution in [2.24, 2.45) is 10.7 Å². The van der Waals surface area contributed by atoms with Crippen molar-refractivity contribution in [3.8, 4) is 0 Å². The van der Waals surface area contributed by atoms with Crippen molar-refractivity contribution in [1.29, 1.82) is 0 Å². The summed E-state index contributed by atoms with van der Waals surface area (Å²) in [6.45, 7) is 2.02. The van der Waals surface area contributed by atoms with E-state index in [1.54, 1.807) is 17.8 Å². The second kappa shape index (κ2) is 4.42. The number of thioether (sulfide) groups is 1. The lowest BCUT2D eigenvalue weighted by Gasteiger charge is -2.32. The molecule has 84 valence electrons. The van der Waals surface area contributed by atoms with E-state index in [4.69, 9.17) is 15.6 Å². The van der Waals surface area contributed by atoms with Crippen LogP contribution in [0.15, 0.2) is 17.3 Å². The first-order valence-electron chi connectivity index (χ1n) is 4.87. The quantitative estimate of drug-likeness (QED) is 0.693. The Kier molecular flexibility index (Phi) is 3.18. The molecule has 0 radical (unpaired) electrons. The van der Waals surface area contributed by atoms with E-state index < -0.39 is 0 Å². The molecule has 0 aliphatic carbocycles. The third-order valence-electron chi connectivity index (χ3n) is 2.40. The number of aliphatic hydroxyl groups excluding tert-OH is 1. The van der Waals surface area contributed by atoms with Crippen LogP contribution < -0.4 is 5.73 Å². The summed E-state index contributed by atoms with van der Waals surface area (Å²) >= 11 is 1.62. The van der Waals surface area contributed by atoms with Crippen molar-refractivity contribution in [2.45, 2.75) is 24.8 Å². The molecule has 3 N–H and O–H groups in total. The fraction of sp³-hybridized carbons (Fsp3) is 0.667. The van der Waals surface area contributed by atoms with Crippen LogP contribution in [0.25, 0.3) is 0 Å². The molecule has 5 nitrogen and oxygen atoms in total. The van der Waals surface area contributed by atoms with E-state index in [2.05, 4.69) is 4.99 Å². The number of rotatable bonds is 2. The lowest BCUT2D eigenvalue weighted by atomic mass is 10.3. The Balaban J connectivity index is 1.98. The summed E-state index contributed by atoms with van der Waals surface area (Å²) in [7, 11) is 0. The van der Waals surface area contributed by atoms with Crippen LogP contribution in [0.2, 0.25) is 0 Å². The predicted octanol–water partition coefficient (Wildman–Crippen LogP) is -0.0732. The van der Waals surface area contributed by atoms with Crippen molar-refractivity contribution in [1.82, 2.24) is 4.90 Å². The van der Waals surface area contributed by atoms with Crippen molar-refractivity contribution < 1.29 is 9.84 Å². The second-order valence-electron chi connectivity index (χ2n) is 3.48. The molecule has 0 bridgehead atoms. The van der Waals surface area contributed by atoms with E-state index >= 15 is 0 Å². The number of nitrogens with zero attached hydrogens (tertiary/aromatic N) is 2. The van der Waals surface area contributed by atoms with Crippen molar-refractivity contribution in [3.05, 3.63) is 12.3 Å². The summed E-state index contributed by atoms with van der Waals surface area (Å²) in [5.74, 6) is 1.39. The van der Waals surface area contributed by atoms with Crippen molar-refractivity contribution in [3.63, 3.8) is 0 Å². The van der Waals surface area contributed by atoms with Gasteiger partial charge in [-0.05, 0) is 13.0 Å². The topological polar surface area (TPSA) is 71.1 Å². The van der Waals surface area contributed by atoms with E-state index in [0.717, 1.165) is 5.75 Å². The molecule has 0 saturated carbocycles. The molecule has 0 aromatic rings. The summed E-state index contributed by atoms with van der Waals surface area (Å²) in [5, 5.41) is 8.96. The molecule has 2 rings (SSSR count). The van der Waals surface area contributed by atoms with Crippen molar-refractivity contribution in [2.75, 3.05) is 12.4 Å². The van der Waals surface area contributed by atoms with Crippen LogP contribution >= 0.6 is 11.8 Å². The Morgan fingerprint density at radius 3 is 3.20 bits per heavy atom. The van der Waals surface area contributed by atoms with Crippen LogP contribution in [-0.4, -0.2) is 46.0 Å². The molecule has 2 heterocycles. The van der Waals surface area contributed by atoms with Gasteiger partial charge in [0.05, 0.1) is 6.61 Å². The first-order valence-corrected chi connectivity index (χ1v) is 5.92. The average molecular weight is 229 g/mol. The Bertz CT molecular complexity index is 295. The van der Waals surface area contributed by atoms with E-state index in [1.807, 2.05) is 18.0 Å². The predicted molar refractivity (Wildman–Crippen MR) is 60.3 cm³/mol. The number of hydrogen-bond acceptors (Lipinski definition) is 6. The van der Waals surface area contributed by atoms with Crippen LogP contribution in [0.4, 0.5) is 0 Å². The molecule has 0 aromatic heterocycles. The molecule has 1 unspecified atom stereocenters. The van der Waals surface area contributed by atoms with E-state index in [9.17, 15) is 0 Å². The number of hydrogen-bond donors (Lipinski definition) is 2. The SMILES string of the molecule is CC1N=C(N)C=CN1[C@H]1CS[C@@H](CO)O1. The second-order valence-corrected chi connectivity index (χ2v) is 4.68. The van der Waals surface area contributed by atoms with Crippen LogP contribution in [0, 0.1) is 0 Å². The number of nitrogens with two attached hydrogens (primary N) is 1. The number of aliphatic hydroxyl groups is 1. The molecule has 0 amide bonds. The zero-order chi connectivity index (χ0) is 10.8. The van der Waals surface area contributed by atoms with E-state index in [0.29, 0.717) is 5.84 Å². The summed E-state index contributed by atoms with van der Waals surface area (Å²) in [6, 6.07) is 0. The Morgan fingerprint density at radius 2 is 2.60 bits per heavy atom. The van der Waals surface area contributed by atoms with Gasteiger partial charge in [-0.25, -0.2) is 4.99 Å². The summed E-state index contributed by atoms with van der Waals surface area (Å²) in [5.41, 5.74) is 5.48. The summed E-state index contributed by atoms with van der Waals surface area (Å²) in [4.78, 5) is 6.25. The van der Waals surface area contributed by atoms with Gasteiger partial charge < -0.3 is 20.5 Å². The van der Waals surface area contributed by atoms with Crippen LogP contribution in [-0.2, 0) is 4.74 Å². The van der Waals surface area contributed by atoms with Crippen LogP contribution in [0.5, 0.6) is 0 Å². The molecular formula is C9H15N3O2S. The monoisotopic (exact) mass is 229 g/mol. The van der Waals surface area contributed by atoms with Gasteiger partial charge in [0.1, 0.15) is 23.7 Å². The average Bonchev–Trinajstić information content (AvgIpc) is 2.66. The maximum atomic E-state index is 8.96. The highest BCUT2D eigenvalue weighted by Gasteiger charge is 2.31. The van der Waals surface area contributed by atoms with Gasteiger partial charge in [-0.2, -0.15) is 0 Å². The zero-order valence-electron chi connectivity index (χ0n) is 8.54. The minimum Gasteiger partial charge on any atom is -0.393 e. The van der Waals surface area contributed by atoms with Crippen LogP contribution in [0.3, 0.4) is 0 Å². The highest BCUT2D eigenvalue weighted by atomic mass is 32.2. The summed E-state index contributed by atoms with van der Waals surface area (Å²) in [6.07, 6.45) is 3.64. The standard InChI is InChI=1S/C9H15N3O2S/c1-6-11-7(10)2-3-12(6)8-5-15-9(4-13)14-8/h2-3,6,8-9,13H,4-5H2,1H3,(H2,10,11)/t6?,8-,9+/m1/s1. The molecule has 0 aromatic carbocycles. The normalized spacial score (nSPS) is 35.7. The fourth-order valence-corrected chi connectivity index (χ4v) is 2.59. The Morgan fingerprint density at radius 1 is 1.80 bits per heavy atom. The number of ether oxygens (including phenoxy) is 1. The molecule has 2 aliphatic rings. The minimum absolute atomic E-state index is 0.00181. The molecule has 2 aliphatic heterocycles. The van der Waals surface area contributed by atoms with Gasteiger partial charge in [-0.3, -0.25) is 0 Å². The molecule has 3 atom stereocenters. The number of aliphatic imine (C=N–C) groups is 1. The molecule has 15 heavy (non-hydrogen) atoms. The van der Waals surface area contributed by atoms with E-state index in [1.165, 1.54) is 0 Å². The lowest BCUT2D eigenvalue weighted by molar-refractivity contribution is -0.0480. The largest absolute Gasteiger partial charge is 0.393 e.